The first-order chi connectivity index (χ1) is 11.3. The van der Waals surface area contributed by atoms with E-state index in [-0.39, 0.29) is 5.91 Å². The summed E-state index contributed by atoms with van der Waals surface area (Å²) in [7, 11) is 0. The van der Waals surface area contributed by atoms with Crippen molar-refractivity contribution < 1.29 is 4.79 Å². The lowest BCUT2D eigenvalue weighted by atomic mass is 10.0. The highest BCUT2D eigenvalue weighted by atomic mass is 16.2. The number of nitrogens with zero attached hydrogens (tertiary/aromatic N) is 1. The smallest absolute Gasteiger partial charge is 0.258 e. The standard InChI is InChI=1S/C21H17NO/c1-2-22-20(18-12-5-6-13-19(18)21(22)23)14-16-10-7-9-15-8-3-4-11-17(15)16/h3-14H,2H2,1H3. The van der Waals surface area contributed by atoms with Crippen molar-refractivity contribution in [2.75, 3.05) is 6.54 Å². The molecule has 0 aliphatic carbocycles. The van der Waals surface area contributed by atoms with Gasteiger partial charge in [-0.15, -0.1) is 0 Å². The van der Waals surface area contributed by atoms with Crippen molar-refractivity contribution in [3.05, 3.63) is 83.4 Å². The number of hydrogen-bond donors (Lipinski definition) is 0. The Morgan fingerprint density at radius 3 is 2.39 bits per heavy atom. The Hall–Kier alpha value is -2.87. The molecular formula is C21H17NO. The molecule has 2 nitrogen and oxygen atoms in total. The average molecular weight is 299 g/mol. The molecular weight excluding hydrogens is 282 g/mol. The summed E-state index contributed by atoms with van der Waals surface area (Å²) < 4.78 is 0. The van der Waals surface area contributed by atoms with Crippen LogP contribution >= 0.6 is 0 Å². The Kier molecular flexibility index (Phi) is 3.23. The van der Waals surface area contributed by atoms with Crippen molar-refractivity contribution in [3.8, 4) is 0 Å². The summed E-state index contributed by atoms with van der Waals surface area (Å²) in [5.41, 5.74) is 3.94. The van der Waals surface area contributed by atoms with Crippen LogP contribution in [-0.2, 0) is 0 Å². The van der Waals surface area contributed by atoms with Gasteiger partial charge in [-0.25, -0.2) is 0 Å². The average Bonchev–Trinajstić information content (AvgIpc) is 2.87. The third-order valence-corrected chi connectivity index (χ3v) is 4.40. The molecule has 112 valence electrons. The zero-order valence-electron chi connectivity index (χ0n) is 13.0. The fourth-order valence-electron chi connectivity index (χ4n) is 3.29. The number of benzene rings is 3. The van der Waals surface area contributed by atoms with Gasteiger partial charge in [0.2, 0.25) is 0 Å². The SMILES string of the molecule is CCN1C(=O)c2ccccc2C1=Cc1cccc2ccccc12. The van der Waals surface area contributed by atoms with Gasteiger partial charge in [-0.05, 0) is 35.4 Å². The molecule has 0 bridgehead atoms. The van der Waals surface area contributed by atoms with Crippen LogP contribution in [-0.4, -0.2) is 17.4 Å². The van der Waals surface area contributed by atoms with Gasteiger partial charge in [0.15, 0.2) is 0 Å². The fraction of sp³-hybridized carbons (Fsp3) is 0.0952. The number of carbonyl (C=O) groups excluding carboxylic acids is 1. The van der Waals surface area contributed by atoms with E-state index in [1.54, 1.807) is 0 Å². The Balaban J connectivity index is 1.94. The zero-order chi connectivity index (χ0) is 15.8. The minimum atomic E-state index is 0.0922. The van der Waals surface area contributed by atoms with Crippen LogP contribution in [0, 0.1) is 0 Å². The van der Waals surface area contributed by atoms with Crippen LogP contribution in [0.25, 0.3) is 22.5 Å². The van der Waals surface area contributed by atoms with Crippen molar-refractivity contribution in [1.29, 1.82) is 0 Å². The van der Waals surface area contributed by atoms with Crippen molar-refractivity contribution in [2.24, 2.45) is 0 Å². The first-order valence-corrected chi connectivity index (χ1v) is 7.90. The predicted octanol–water partition coefficient (Wildman–Crippen LogP) is 4.81. The molecule has 0 unspecified atom stereocenters. The summed E-state index contributed by atoms with van der Waals surface area (Å²) in [5, 5.41) is 2.41. The van der Waals surface area contributed by atoms with Crippen molar-refractivity contribution in [3.63, 3.8) is 0 Å². The predicted molar refractivity (Wildman–Crippen MR) is 95.0 cm³/mol. The summed E-state index contributed by atoms with van der Waals surface area (Å²) in [4.78, 5) is 14.4. The Morgan fingerprint density at radius 1 is 0.870 bits per heavy atom. The molecule has 3 aromatic rings. The van der Waals surface area contributed by atoms with Crippen LogP contribution in [0.5, 0.6) is 0 Å². The van der Waals surface area contributed by atoms with Gasteiger partial charge in [0.1, 0.15) is 0 Å². The van der Waals surface area contributed by atoms with E-state index in [9.17, 15) is 4.79 Å². The van der Waals surface area contributed by atoms with E-state index in [1.165, 1.54) is 10.8 Å². The molecule has 0 spiro atoms. The normalized spacial score (nSPS) is 15.4. The minimum Gasteiger partial charge on any atom is -0.308 e. The van der Waals surface area contributed by atoms with Crippen LogP contribution in [0.4, 0.5) is 0 Å². The lowest BCUT2D eigenvalue weighted by Gasteiger charge is -2.16. The molecule has 2 heteroatoms. The van der Waals surface area contributed by atoms with Gasteiger partial charge >= 0.3 is 0 Å². The monoisotopic (exact) mass is 299 g/mol. The van der Waals surface area contributed by atoms with Gasteiger partial charge in [-0.3, -0.25) is 4.79 Å². The maximum Gasteiger partial charge on any atom is 0.258 e. The van der Waals surface area contributed by atoms with E-state index in [0.717, 1.165) is 22.4 Å². The fourth-order valence-corrected chi connectivity index (χ4v) is 3.29. The molecule has 0 N–H and O–H groups in total. The molecule has 0 radical (unpaired) electrons. The Bertz CT molecular complexity index is 934. The van der Waals surface area contributed by atoms with Gasteiger partial charge in [0.25, 0.3) is 5.91 Å². The van der Waals surface area contributed by atoms with E-state index in [1.807, 2.05) is 42.2 Å². The van der Waals surface area contributed by atoms with Crippen molar-refractivity contribution in [1.82, 2.24) is 4.90 Å². The van der Waals surface area contributed by atoms with E-state index < -0.39 is 0 Å². The molecule has 0 fully saturated rings. The largest absolute Gasteiger partial charge is 0.308 e. The lowest BCUT2D eigenvalue weighted by molar-refractivity contribution is 0.0856. The van der Waals surface area contributed by atoms with Crippen LogP contribution in [0.15, 0.2) is 66.7 Å². The summed E-state index contributed by atoms with van der Waals surface area (Å²) in [6, 6.07) is 22.5. The molecule has 0 atom stereocenters. The molecule has 0 aromatic heterocycles. The zero-order valence-corrected chi connectivity index (χ0v) is 13.0. The third kappa shape index (κ3) is 2.15. The molecule has 1 heterocycles. The van der Waals surface area contributed by atoms with Gasteiger partial charge in [0.05, 0.1) is 5.70 Å². The first-order valence-electron chi connectivity index (χ1n) is 7.90. The van der Waals surface area contributed by atoms with Gasteiger partial charge < -0.3 is 4.90 Å². The molecule has 4 rings (SSSR count). The summed E-state index contributed by atoms with van der Waals surface area (Å²) in [6.07, 6.45) is 2.13. The minimum absolute atomic E-state index is 0.0922. The first kappa shape index (κ1) is 13.8. The number of hydrogen-bond acceptors (Lipinski definition) is 1. The number of fused-ring (bicyclic) bond motifs is 2. The number of rotatable bonds is 2. The molecule has 1 amide bonds. The van der Waals surface area contributed by atoms with Crippen LogP contribution < -0.4 is 0 Å². The van der Waals surface area contributed by atoms with E-state index in [2.05, 4.69) is 42.5 Å². The van der Waals surface area contributed by atoms with E-state index in [4.69, 9.17) is 0 Å². The third-order valence-electron chi connectivity index (χ3n) is 4.40. The van der Waals surface area contributed by atoms with E-state index >= 15 is 0 Å². The number of amides is 1. The van der Waals surface area contributed by atoms with E-state index in [0.29, 0.717) is 6.54 Å². The van der Waals surface area contributed by atoms with Crippen molar-refractivity contribution in [2.45, 2.75) is 6.92 Å². The summed E-state index contributed by atoms with van der Waals surface area (Å²) in [5.74, 6) is 0.0922. The summed E-state index contributed by atoms with van der Waals surface area (Å²) in [6.45, 7) is 2.69. The highest BCUT2D eigenvalue weighted by molar-refractivity contribution is 6.12. The van der Waals surface area contributed by atoms with Crippen molar-refractivity contribution >= 4 is 28.5 Å². The maximum atomic E-state index is 12.6. The van der Waals surface area contributed by atoms with Gasteiger partial charge in [-0.1, -0.05) is 60.7 Å². The topological polar surface area (TPSA) is 20.3 Å². The second-order valence-electron chi connectivity index (χ2n) is 5.69. The highest BCUT2D eigenvalue weighted by Gasteiger charge is 2.30. The molecule has 23 heavy (non-hydrogen) atoms. The quantitative estimate of drug-likeness (QED) is 0.664. The highest BCUT2D eigenvalue weighted by Crippen LogP contribution is 2.34. The maximum absolute atomic E-state index is 12.6. The molecule has 1 aliphatic rings. The Labute approximate surface area is 135 Å². The van der Waals surface area contributed by atoms with Crippen LogP contribution in [0.3, 0.4) is 0 Å². The molecule has 0 saturated heterocycles. The lowest BCUT2D eigenvalue weighted by Crippen LogP contribution is -2.22. The summed E-state index contributed by atoms with van der Waals surface area (Å²) >= 11 is 0. The Morgan fingerprint density at radius 2 is 1.57 bits per heavy atom. The molecule has 3 aromatic carbocycles. The molecule has 0 saturated carbocycles. The van der Waals surface area contributed by atoms with Crippen LogP contribution in [0.1, 0.15) is 28.4 Å². The second kappa shape index (κ2) is 5.40. The van der Waals surface area contributed by atoms with Gasteiger partial charge in [0, 0.05) is 17.7 Å². The number of carbonyl (C=O) groups is 1. The van der Waals surface area contributed by atoms with Gasteiger partial charge in [-0.2, -0.15) is 0 Å². The molecule has 1 aliphatic heterocycles. The second-order valence-corrected chi connectivity index (χ2v) is 5.69. The van der Waals surface area contributed by atoms with Crippen LogP contribution in [0.2, 0.25) is 0 Å².